The van der Waals surface area contributed by atoms with Crippen LogP contribution in [0.4, 0.5) is 0 Å². The van der Waals surface area contributed by atoms with E-state index in [4.69, 9.17) is 0 Å². The molecule has 0 saturated carbocycles. The molecular weight excluding hydrogens is 256 g/mol. The largest absolute Gasteiger partial charge is 0.0776 e. The third-order valence-corrected chi connectivity index (χ3v) is 6.35. The van der Waals surface area contributed by atoms with Crippen LogP contribution in [0.5, 0.6) is 0 Å². The highest BCUT2D eigenvalue weighted by Gasteiger charge is 2.18. The summed E-state index contributed by atoms with van der Waals surface area (Å²) in [5, 5.41) is 9.88. The van der Waals surface area contributed by atoms with E-state index in [2.05, 4.69) is 74.2 Å². The minimum absolute atomic E-state index is 1.28. The molecule has 0 amide bonds. The molecule has 20 heavy (non-hydrogen) atoms. The maximum Gasteiger partial charge on any atom is 0.0776 e. The molecule has 4 aromatic rings. The van der Waals surface area contributed by atoms with Gasteiger partial charge in [0.1, 0.15) is 0 Å². The van der Waals surface area contributed by atoms with E-state index in [-0.39, 0.29) is 0 Å². The summed E-state index contributed by atoms with van der Waals surface area (Å²) in [5.41, 5.74) is 0. The van der Waals surface area contributed by atoms with E-state index < -0.39 is 8.07 Å². The highest BCUT2D eigenvalue weighted by molar-refractivity contribution is 6.89. The van der Waals surface area contributed by atoms with Gasteiger partial charge < -0.3 is 0 Å². The lowest BCUT2D eigenvalue weighted by Crippen LogP contribution is -2.37. The fourth-order valence-electron chi connectivity index (χ4n) is 3.19. The monoisotopic (exact) mass is 274 g/mol. The van der Waals surface area contributed by atoms with Crippen molar-refractivity contribution in [3.63, 3.8) is 0 Å². The lowest BCUT2D eigenvalue weighted by molar-refractivity contribution is 1.73. The van der Waals surface area contributed by atoms with Crippen molar-refractivity contribution >= 4 is 45.6 Å². The molecule has 1 heteroatoms. The molecule has 0 bridgehead atoms. The molecular formula is C19H18Si. The molecule has 0 unspecified atom stereocenters. The minimum Gasteiger partial charge on any atom is -0.0656 e. The number of benzene rings is 4. The maximum atomic E-state index is 2.42. The molecule has 0 fully saturated rings. The van der Waals surface area contributed by atoms with E-state index in [0.717, 1.165) is 0 Å². The van der Waals surface area contributed by atoms with E-state index in [0.29, 0.717) is 0 Å². The Morgan fingerprint density at radius 3 is 1.55 bits per heavy atom. The van der Waals surface area contributed by atoms with Crippen LogP contribution in [0.25, 0.3) is 32.3 Å². The zero-order valence-electron chi connectivity index (χ0n) is 12.2. The van der Waals surface area contributed by atoms with Crippen LogP contribution < -0.4 is 5.19 Å². The topological polar surface area (TPSA) is 0 Å². The van der Waals surface area contributed by atoms with Gasteiger partial charge in [-0.2, -0.15) is 0 Å². The second-order valence-electron chi connectivity index (χ2n) is 6.76. The van der Waals surface area contributed by atoms with E-state index in [9.17, 15) is 0 Å². The molecule has 0 aliphatic rings. The van der Waals surface area contributed by atoms with Crippen molar-refractivity contribution in [2.45, 2.75) is 19.6 Å². The zero-order valence-corrected chi connectivity index (χ0v) is 13.2. The summed E-state index contributed by atoms with van der Waals surface area (Å²) in [4.78, 5) is 0. The molecule has 0 atom stereocenters. The van der Waals surface area contributed by atoms with Crippen molar-refractivity contribution in [2.75, 3.05) is 0 Å². The van der Waals surface area contributed by atoms with Gasteiger partial charge in [-0.15, -0.1) is 0 Å². The van der Waals surface area contributed by atoms with Crippen molar-refractivity contribution in [1.82, 2.24) is 0 Å². The van der Waals surface area contributed by atoms with Crippen molar-refractivity contribution < 1.29 is 0 Å². The van der Waals surface area contributed by atoms with Crippen LogP contribution in [-0.2, 0) is 0 Å². The lowest BCUT2D eigenvalue weighted by Gasteiger charge is -2.19. The first-order valence-electron chi connectivity index (χ1n) is 7.22. The highest BCUT2D eigenvalue weighted by atomic mass is 28.3. The summed E-state index contributed by atoms with van der Waals surface area (Å²) >= 11 is 0. The van der Waals surface area contributed by atoms with Crippen LogP contribution in [-0.4, -0.2) is 8.07 Å². The average Bonchev–Trinajstić information content (AvgIpc) is 2.43. The zero-order chi connectivity index (χ0) is 13.9. The minimum atomic E-state index is -1.28. The van der Waals surface area contributed by atoms with Crippen molar-refractivity contribution in [1.29, 1.82) is 0 Å². The van der Waals surface area contributed by atoms with Crippen molar-refractivity contribution in [3.8, 4) is 0 Å². The quantitative estimate of drug-likeness (QED) is 0.333. The fraction of sp³-hybridized carbons (Fsp3) is 0.158. The first kappa shape index (κ1) is 11.9. The summed E-state index contributed by atoms with van der Waals surface area (Å²) in [6.07, 6.45) is 0. The van der Waals surface area contributed by atoms with Crippen LogP contribution in [0.15, 0.2) is 54.6 Å². The van der Waals surface area contributed by atoms with Gasteiger partial charge >= 0.3 is 0 Å². The molecule has 98 valence electrons. The van der Waals surface area contributed by atoms with Gasteiger partial charge in [0.15, 0.2) is 0 Å². The Hall–Kier alpha value is -1.86. The Bertz CT molecular complexity index is 865. The standard InChI is InChI=1S/C19H18Si/c1-20(2,3)17-11-15-9-7-13-5-4-6-14-8-10-16(12-17)19(15)18(13)14/h4-12H,1-3H3. The highest BCUT2D eigenvalue weighted by Crippen LogP contribution is 2.34. The molecule has 0 heterocycles. The maximum absolute atomic E-state index is 2.42. The van der Waals surface area contributed by atoms with Crippen LogP contribution in [0.1, 0.15) is 0 Å². The van der Waals surface area contributed by atoms with Gasteiger partial charge in [-0.1, -0.05) is 79.4 Å². The van der Waals surface area contributed by atoms with Gasteiger partial charge in [-0.25, -0.2) is 0 Å². The molecule has 4 rings (SSSR count). The first-order valence-corrected chi connectivity index (χ1v) is 10.7. The molecule has 0 aliphatic heterocycles. The third-order valence-electron chi connectivity index (χ3n) is 4.33. The van der Waals surface area contributed by atoms with E-state index >= 15 is 0 Å². The Balaban J connectivity index is 2.25. The molecule has 0 aliphatic carbocycles. The summed E-state index contributed by atoms with van der Waals surface area (Å²) in [7, 11) is -1.28. The molecule has 0 N–H and O–H groups in total. The second-order valence-corrected chi connectivity index (χ2v) is 11.8. The number of hydrogen-bond donors (Lipinski definition) is 0. The summed E-state index contributed by atoms with van der Waals surface area (Å²) < 4.78 is 0. The van der Waals surface area contributed by atoms with Crippen LogP contribution in [0, 0.1) is 0 Å². The Kier molecular flexibility index (Phi) is 2.28. The summed E-state index contributed by atoms with van der Waals surface area (Å²) in [5.74, 6) is 0. The number of hydrogen-bond acceptors (Lipinski definition) is 0. The SMILES string of the molecule is C[Si](C)(C)c1cc2ccc3cccc4ccc(c1)c2c34. The van der Waals surface area contributed by atoms with Crippen molar-refractivity contribution in [3.05, 3.63) is 54.6 Å². The predicted octanol–water partition coefficient (Wildman–Crippen LogP) is 5.13. The summed E-state index contributed by atoms with van der Waals surface area (Å²) in [6.45, 7) is 7.25. The van der Waals surface area contributed by atoms with Crippen molar-refractivity contribution in [2.24, 2.45) is 0 Å². The average molecular weight is 274 g/mol. The lowest BCUT2D eigenvalue weighted by atomic mass is 9.94. The van der Waals surface area contributed by atoms with Crippen LogP contribution in [0.2, 0.25) is 19.6 Å². The fourth-order valence-corrected chi connectivity index (χ4v) is 4.36. The van der Waals surface area contributed by atoms with E-state index in [1.54, 1.807) is 5.19 Å². The van der Waals surface area contributed by atoms with Gasteiger partial charge in [0.05, 0.1) is 8.07 Å². The molecule has 0 nitrogen and oxygen atoms in total. The predicted molar refractivity (Wildman–Crippen MR) is 93.1 cm³/mol. The van der Waals surface area contributed by atoms with E-state index in [1.807, 2.05) is 0 Å². The van der Waals surface area contributed by atoms with E-state index in [1.165, 1.54) is 32.3 Å². The van der Waals surface area contributed by atoms with Gasteiger partial charge in [-0.3, -0.25) is 0 Å². The molecule has 0 radical (unpaired) electrons. The third kappa shape index (κ3) is 1.60. The van der Waals surface area contributed by atoms with Crippen LogP contribution in [0.3, 0.4) is 0 Å². The number of rotatable bonds is 1. The van der Waals surface area contributed by atoms with Gasteiger partial charge in [0.2, 0.25) is 0 Å². The second kappa shape index (κ2) is 3.83. The molecule has 4 aromatic carbocycles. The molecule has 0 saturated heterocycles. The van der Waals surface area contributed by atoms with Crippen LogP contribution >= 0.6 is 0 Å². The molecule has 0 spiro atoms. The smallest absolute Gasteiger partial charge is 0.0656 e. The van der Waals surface area contributed by atoms with Gasteiger partial charge in [-0.05, 0) is 32.3 Å². The normalized spacial score (nSPS) is 12.8. The Labute approximate surface area is 120 Å². The van der Waals surface area contributed by atoms with Gasteiger partial charge in [0.25, 0.3) is 0 Å². The van der Waals surface area contributed by atoms with Gasteiger partial charge in [0, 0.05) is 0 Å². The Morgan fingerprint density at radius 1 is 0.600 bits per heavy atom. The Morgan fingerprint density at radius 2 is 1.05 bits per heavy atom. The first-order chi connectivity index (χ1) is 9.54. The summed E-state index contributed by atoms with van der Waals surface area (Å²) in [6, 6.07) is 20.5. The molecule has 0 aromatic heterocycles.